The molecule has 0 saturated carbocycles. The summed E-state index contributed by atoms with van der Waals surface area (Å²) in [5.41, 5.74) is 6.99. The van der Waals surface area contributed by atoms with Crippen LogP contribution in [0.2, 0.25) is 5.02 Å². The number of hydrogen-bond acceptors (Lipinski definition) is 3. The first-order chi connectivity index (χ1) is 9.12. The van der Waals surface area contributed by atoms with Gasteiger partial charge in [-0.25, -0.2) is 0 Å². The molecular formula is C15H20ClNO2. The predicted octanol–water partition coefficient (Wildman–Crippen LogP) is 3.03. The fraction of sp³-hybridized carbons (Fsp3) is 0.467. The average Bonchev–Trinajstić information content (AvgIpc) is 2.40. The molecule has 0 amide bonds. The third kappa shape index (κ3) is 4.66. The van der Waals surface area contributed by atoms with Crippen molar-refractivity contribution < 1.29 is 9.47 Å². The number of terminal acetylenes is 1. The summed E-state index contributed by atoms with van der Waals surface area (Å²) in [6.07, 6.45) is 7.40. The van der Waals surface area contributed by atoms with Crippen molar-refractivity contribution in [2.24, 2.45) is 5.73 Å². The lowest BCUT2D eigenvalue weighted by Gasteiger charge is -2.15. The molecule has 0 bridgehead atoms. The van der Waals surface area contributed by atoms with Crippen LogP contribution in [0.25, 0.3) is 0 Å². The normalized spacial score (nSPS) is 11.7. The number of hydrogen-bond donors (Lipinski definition) is 1. The zero-order chi connectivity index (χ0) is 14.3. The topological polar surface area (TPSA) is 44.5 Å². The van der Waals surface area contributed by atoms with Crippen molar-refractivity contribution in [3.63, 3.8) is 0 Å². The fourth-order valence-electron chi connectivity index (χ4n) is 1.69. The largest absolute Gasteiger partial charge is 0.493 e. The van der Waals surface area contributed by atoms with Gasteiger partial charge in [-0.2, -0.15) is 0 Å². The van der Waals surface area contributed by atoms with Gasteiger partial charge in [0.25, 0.3) is 0 Å². The van der Waals surface area contributed by atoms with Crippen molar-refractivity contribution in [2.75, 3.05) is 13.7 Å². The molecule has 0 aliphatic heterocycles. The molecule has 0 fully saturated rings. The molecule has 4 heteroatoms. The molecule has 104 valence electrons. The van der Waals surface area contributed by atoms with E-state index in [9.17, 15) is 0 Å². The Morgan fingerprint density at radius 2 is 2.21 bits per heavy atom. The molecule has 1 unspecified atom stereocenters. The summed E-state index contributed by atoms with van der Waals surface area (Å²) in [5.74, 6) is 3.66. The minimum atomic E-state index is 0.119. The summed E-state index contributed by atoms with van der Waals surface area (Å²) in [5, 5.41) is 0.523. The lowest BCUT2D eigenvalue weighted by atomic mass is 10.0. The predicted molar refractivity (Wildman–Crippen MR) is 78.9 cm³/mol. The fourth-order valence-corrected chi connectivity index (χ4v) is 1.98. The molecule has 0 saturated heterocycles. The molecule has 1 aromatic carbocycles. The molecular weight excluding hydrogens is 262 g/mol. The first-order valence-electron chi connectivity index (χ1n) is 6.30. The summed E-state index contributed by atoms with van der Waals surface area (Å²) in [6, 6.07) is 3.89. The summed E-state index contributed by atoms with van der Waals surface area (Å²) < 4.78 is 10.9. The van der Waals surface area contributed by atoms with Gasteiger partial charge in [-0.05, 0) is 30.5 Å². The Balaban J connectivity index is 2.91. The van der Waals surface area contributed by atoms with E-state index in [1.807, 2.05) is 12.1 Å². The molecule has 3 nitrogen and oxygen atoms in total. The zero-order valence-electron chi connectivity index (χ0n) is 11.4. The molecule has 1 aromatic rings. The van der Waals surface area contributed by atoms with E-state index in [1.165, 1.54) is 0 Å². The molecule has 2 N–H and O–H groups in total. The smallest absolute Gasteiger partial charge is 0.179 e. The second-order valence-corrected chi connectivity index (χ2v) is 4.69. The molecule has 0 aliphatic rings. The van der Waals surface area contributed by atoms with Crippen LogP contribution in [0.1, 0.15) is 25.3 Å². The molecule has 0 aromatic heterocycles. The van der Waals surface area contributed by atoms with Crippen LogP contribution < -0.4 is 15.2 Å². The van der Waals surface area contributed by atoms with Gasteiger partial charge in [0.15, 0.2) is 11.5 Å². The van der Waals surface area contributed by atoms with Crippen LogP contribution >= 0.6 is 11.6 Å². The molecule has 0 heterocycles. The van der Waals surface area contributed by atoms with E-state index in [-0.39, 0.29) is 6.04 Å². The van der Waals surface area contributed by atoms with Crippen LogP contribution in [-0.4, -0.2) is 19.8 Å². The maximum atomic E-state index is 6.22. The van der Waals surface area contributed by atoms with E-state index < -0.39 is 0 Å². The Labute approximate surface area is 120 Å². The molecule has 0 radical (unpaired) electrons. The van der Waals surface area contributed by atoms with Crippen LogP contribution in [0.4, 0.5) is 0 Å². The van der Waals surface area contributed by atoms with Crippen molar-refractivity contribution in [2.45, 2.75) is 32.2 Å². The Morgan fingerprint density at radius 3 is 2.79 bits per heavy atom. The van der Waals surface area contributed by atoms with E-state index >= 15 is 0 Å². The van der Waals surface area contributed by atoms with Crippen LogP contribution in [0.5, 0.6) is 11.5 Å². The van der Waals surface area contributed by atoms with E-state index in [0.717, 1.165) is 18.4 Å². The van der Waals surface area contributed by atoms with Crippen molar-refractivity contribution in [3.05, 3.63) is 22.7 Å². The number of nitrogens with two attached hydrogens (primary N) is 1. The van der Waals surface area contributed by atoms with Crippen molar-refractivity contribution >= 4 is 11.6 Å². The van der Waals surface area contributed by atoms with Gasteiger partial charge >= 0.3 is 0 Å². The standard InChI is InChI=1S/C15H20ClNO2/c1-4-6-7-19-15-13(16)9-11(8-12(17)5-2)10-14(15)18-3/h1,9-10,12H,5-8,17H2,2-3H3. The Hall–Kier alpha value is -1.37. The third-order valence-electron chi connectivity index (χ3n) is 2.80. The van der Waals surface area contributed by atoms with Gasteiger partial charge in [-0.15, -0.1) is 12.3 Å². The summed E-state index contributed by atoms with van der Waals surface area (Å²) in [7, 11) is 1.59. The van der Waals surface area contributed by atoms with Crippen LogP contribution in [-0.2, 0) is 6.42 Å². The highest BCUT2D eigenvalue weighted by Gasteiger charge is 2.13. The molecule has 1 rings (SSSR count). The lowest BCUT2D eigenvalue weighted by molar-refractivity contribution is 0.301. The van der Waals surface area contributed by atoms with E-state index in [0.29, 0.717) is 29.5 Å². The minimum Gasteiger partial charge on any atom is -0.493 e. The average molecular weight is 282 g/mol. The summed E-state index contributed by atoms with van der Waals surface area (Å²) in [6.45, 7) is 2.47. The first kappa shape index (κ1) is 15.7. The van der Waals surface area contributed by atoms with E-state index in [2.05, 4.69) is 12.8 Å². The van der Waals surface area contributed by atoms with E-state index in [1.54, 1.807) is 7.11 Å². The Bertz CT molecular complexity index is 454. The van der Waals surface area contributed by atoms with Crippen LogP contribution in [0, 0.1) is 12.3 Å². The van der Waals surface area contributed by atoms with Crippen molar-refractivity contribution in [1.82, 2.24) is 0 Å². The highest BCUT2D eigenvalue weighted by molar-refractivity contribution is 6.32. The molecule has 19 heavy (non-hydrogen) atoms. The number of methoxy groups -OCH3 is 1. The number of halogens is 1. The quantitative estimate of drug-likeness (QED) is 0.617. The maximum Gasteiger partial charge on any atom is 0.179 e. The molecule has 1 atom stereocenters. The van der Waals surface area contributed by atoms with Gasteiger partial charge in [0, 0.05) is 12.5 Å². The van der Waals surface area contributed by atoms with Gasteiger partial charge in [-0.3, -0.25) is 0 Å². The SMILES string of the molecule is C#CCCOc1c(Cl)cc(CC(N)CC)cc1OC. The van der Waals surface area contributed by atoms with Crippen LogP contribution in [0.15, 0.2) is 12.1 Å². The Morgan fingerprint density at radius 1 is 1.47 bits per heavy atom. The molecule has 0 aliphatic carbocycles. The highest BCUT2D eigenvalue weighted by atomic mass is 35.5. The summed E-state index contributed by atoms with van der Waals surface area (Å²) in [4.78, 5) is 0. The number of rotatable bonds is 7. The third-order valence-corrected chi connectivity index (χ3v) is 3.09. The van der Waals surface area contributed by atoms with Gasteiger partial charge < -0.3 is 15.2 Å². The van der Waals surface area contributed by atoms with Crippen LogP contribution in [0.3, 0.4) is 0 Å². The summed E-state index contributed by atoms with van der Waals surface area (Å²) >= 11 is 6.22. The first-order valence-corrected chi connectivity index (χ1v) is 6.68. The minimum absolute atomic E-state index is 0.119. The van der Waals surface area contributed by atoms with Crippen molar-refractivity contribution in [3.8, 4) is 23.8 Å². The maximum absolute atomic E-state index is 6.22. The van der Waals surface area contributed by atoms with Gasteiger partial charge in [0.05, 0.1) is 18.7 Å². The monoisotopic (exact) mass is 281 g/mol. The zero-order valence-corrected chi connectivity index (χ0v) is 12.2. The van der Waals surface area contributed by atoms with Crippen molar-refractivity contribution in [1.29, 1.82) is 0 Å². The molecule has 0 spiro atoms. The number of benzene rings is 1. The highest BCUT2D eigenvalue weighted by Crippen LogP contribution is 2.36. The Kier molecular flexibility index (Phi) is 6.55. The number of ether oxygens (including phenoxy) is 2. The van der Waals surface area contributed by atoms with E-state index in [4.69, 9.17) is 33.2 Å². The van der Waals surface area contributed by atoms with Gasteiger partial charge in [0.1, 0.15) is 0 Å². The van der Waals surface area contributed by atoms with Gasteiger partial charge in [0.2, 0.25) is 0 Å². The second kappa shape index (κ2) is 7.93. The lowest BCUT2D eigenvalue weighted by Crippen LogP contribution is -2.21. The van der Waals surface area contributed by atoms with Gasteiger partial charge in [-0.1, -0.05) is 18.5 Å². The second-order valence-electron chi connectivity index (χ2n) is 4.28.